The zero-order valence-corrected chi connectivity index (χ0v) is 33.4. The van der Waals surface area contributed by atoms with Crippen LogP contribution in [0.4, 0.5) is 4.79 Å². The van der Waals surface area contributed by atoms with Crippen LogP contribution in [0.15, 0.2) is 29.8 Å². The van der Waals surface area contributed by atoms with E-state index in [1.165, 1.54) is 4.90 Å². The second kappa shape index (κ2) is 19.1. The van der Waals surface area contributed by atoms with E-state index in [0.717, 1.165) is 73.4 Å². The van der Waals surface area contributed by atoms with Gasteiger partial charge in [0.2, 0.25) is 17.7 Å². The van der Waals surface area contributed by atoms with Crippen LogP contribution >= 0.6 is 11.3 Å². The molecule has 0 saturated carbocycles. The maximum absolute atomic E-state index is 13.9. The number of carbonyl (C=O) groups excluding carboxylic acids is 4. The number of rotatable bonds is 15. The third-order valence-electron chi connectivity index (χ3n) is 9.52. The molecule has 3 heterocycles. The number of amides is 4. The molecule has 2 fully saturated rings. The SMILES string of the molecule is Cc1ncsc1-c1ccc(CNC(=O)[C@@H]2C[C@@H](O)CN2C(=O)[C@@H](NC(=O)COCCCCCN2CCC(NC(=O)OC(C)(C)C)CC2)C(C)(C)C)cc1. The highest BCUT2D eigenvalue weighted by atomic mass is 32.1. The predicted octanol–water partition coefficient (Wildman–Crippen LogP) is 4.40. The number of β-amino-alcohol motifs (C(OH)–C–C–N with tert-alkyl or cyclic N) is 1. The number of aliphatic hydroxyl groups is 1. The Bertz CT molecular complexity index is 1510. The molecule has 0 aliphatic carbocycles. The Morgan fingerprint density at radius 3 is 2.34 bits per heavy atom. The molecule has 53 heavy (non-hydrogen) atoms. The number of alkyl carbamates (subject to hydrolysis) is 1. The highest BCUT2D eigenvalue weighted by molar-refractivity contribution is 7.13. The van der Waals surface area contributed by atoms with Gasteiger partial charge in [-0.2, -0.15) is 0 Å². The van der Waals surface area contributed by atoms with Crippen molar-refractivity contribution in [1.82, 2.24) is 30.7 Å². The van der Waals surface area contributed by atoms with Crippen molar-refractivity contribution < 1.29 is 33.8 Å². The van der Waals surface area contributed by atoms with Crippen LogP contribution < -0.4 is 16.0 Å². The number of carbonyl (C=O) groups is 4. The monoisotopic (exact) mass is 756 g/mol. The first-order valence-corrected chi connectivity index (χ1v) is 19.7. The van der Waals surface area contributed by atoms with Crippen molar-refractivity contribution in [3.05, 3.63) is 41.0 Å². The lowest BCUT2D eigenvalue weighted by Gasteiger charge is -2.35. The summed E-state index contributed by atoms with van der Waals surface area (Å²) in [5.41, 5.74) is 3.60. The van der Waals surface area contributed by atoms with E-state index in [2.05, 4.69) is 25.8 Å². The Kier molecular flexibility index (Phi) is 15.2. The summed E-state index contributed by atoms with van der Waals surface area (Å²) in [5, 5.41) is 19.3. The lowest BCUT2D eigenvalue weighted by molar-refractivity contribution is -0.144. The number of hydrogen-bond acceptors (Lipinski definition) is 10. The van der Waals surface area contributed by atoms with Crippen LogP contribution in [0, 0.1) is 12.3 Å². The minimum atomic E-state index is -0.912. The Morgan fingerprint density at radius 2 is 1.72 bits per heavy atom. The van der Waals surface area contributed by atoms with Crippen LogP contribution in [0.5, 0.6) is 0 Å². The van der Waals surface area contributed by atoms with E-state index in [1.807, 2.05) is 78.2 Å². The highest BCUT2D eigenvalue weighted by Gasteiger charge is 2.44. The number of nitrogens with one attached hydrogen (secondary N) is 3. The molecule has 1 aromatic heterocycles. The van der Waals surface area contributed by atoms with Crippen molar-refractivity contribution in [2.75, 3.05) is 39.4 Å². The van der Waals surface area contributed by atoms with Gasteiger partial charge in [-0.05, 0) is 82.9 Å². The molecule has 14 heteroatoms. The molecule has 2 aliphatic rings. The molecule has 2 saturated heterocycles. The largest absolute Gasteiger partial charge is 0.444 e. The Morgan fingerprint density at radius 1 is 1.02 bits per heavy atom. The van der Waals surface area contributed by atoms with Crippen LogP contribution in [0.3, 0.4) is 0 Å². The number of hydrogen-bond donors (Lipinski definition) is 4. The second-order valence-corrected chi connectivity index (χ2v) is 17.2. The molecule has 0 spiro atoms. The fourth-order valence-electron chi connectivity index (χ4n) is 6.64. The van der Waals surface area contributed by atoms with Gasteiger partial charge in [-0.1, -0.05) is 45.0 Å². The molecule has 0 unspecified atom stereocenters. The maximum Gasteiger partial charge on any atom is 0.407 e. The average Bonchev–Trinajstić information content (AvgIpc) is 3.70. The third kappa shape index (κ3) is 13.3. The number of unbranched alkanes of at least 4 members (excludes halogenated alkanes) is 2. The van der Waals surface area contributed by atoms with Crippen LogP contribution in [0.25, 0.3) is 10.4 Å². The van der Waals surface area contributed by atoms with Crippen LogP contribution in [-0.2, 0) is 30.4 Å². The highest BCUT2D eigenvalue weighted by Crippen LogP contribution is 2.28. The van der Waals surface area contributed by atoms with Crippen molar-refractivity contribution >= 4 is 35.2 Å². The summed E-state index contributed by atoms with van der Waals surface area (Å²) in [5.74, 6) is -1.16. The van der Waals surface area contributed by atoms with Gasteiger partial charge < -0.3 is 40.3 Å². The van der Waals surface area contributed by atoms with Gasteiger partial charge in [-0.3, -0.25) is 14.4 Å². The number of piperidine rings is 1. The zero-order chi connectivity index (χ0) is 38.8. The lowest BCUT2D eigenvalue weighted by atomic mass is 9.85. The minimum Gasteiger partial charge on any atom is -0.444 e. The number of likely N-dealkylation sites (tertiary alicyclic amines) is 2. The number of aryl methyl sites for hydroxylation is 1. The van der Waals surface area contributed by atoms with Crippen molar-refractivity contribution in [1.29, 1.82) is 0 Å². The van der Waals surface area contributed by atoms with Crippen molar-refractivity contribution in [2.24, 2.45) is 5.41 Å². The quantitative estimate of drug-likeness (QED) is 0.193. The molecular weight excluding hydrogens is 697 g/mol. The van der Waals surface area contributed by atoms with Gasteiger partial charge in [0.05, 0.1) is 22.2 Å². The third-order valence-corrected chi connectivity index (χ3v) is 10.5. The number of nitrogens with zero attached hydrogens (tertiary/aromatic N) is 3. The normalized spacial score (nSPS) is 19.1. The van der Waals surface area contributed by atoms with Gasteiger partial charge in [0.25, 0.3) is 0 Å². The smallest absolute Gasteiger partial charge is 0.407 e. The molecule has 2 aliphatic heterocycles. The molecule has 4 rings (SSSR count). The van der Waals surface area contributed by atoms with E-state index >= 15 is 0 Å². The van der Waals surface area contributed by atoms with Crippen LogP contribution in [0.1, 0.15) is 91.3 Å². The van der Waals surface area contributed by atoms with E-state index in [-0.39, 0.29) is 44.2 Å². The van der Waals surface area contributed by atoms with Crippen molar-refractivity contribution in [3.63, 3.8) is 0 Å². The molecule has 0 radical (unpaired) electrons. The van der Waals surface area contributed by atoms with Gasteiger partial charge >= 0.3 is 6.09 Å². The molecule has 3 atom stereocenters. The van der Waals surface area contributed by atoms with Gasteiger partial charge in [0.15, 0.2) is 0 Å². The molecule has 4 N–H and O–H groups in total. The second-order valence-electron chi connectivity index (χ2n) is 16.3. The van der Waals surface area contributed by atoms with Crippen LogP contribution in [0.2, 0.25) is 0 Å². The number of benzene rings is 1. The Balaban J connectivity index is 1.15. The molecule has 294 valence electrons. The van der Waals surface area contributed by atoms with Gasteiger partial charge in [-0.15, -0.1) is 11.3 Å². The summed E-state index contributed by atoms with van der Waals surface area (Å²) >= 11 is 1.58. The first-order chi connectivity index (χ1) is 25.0. The summed E-state index contributed by atoms with van der Waals surface area (Å²) in [4.78, 5) is 61.4. The van der Waals surface area contributed by atoms with Crippen LogP contribution in [-0.4, -0.2) is 113 Å². The first kappa shape index (κ1) is 42.2. The molecule has 2 aromatic rings. The summed E-state index contributed by atoms with van der Waals surface area (Å²) in [6, 6.07) is 6.28. The van der Waals surface area contributed by atoms with E-state index < -0.39 is 41.0 Å². The summed E-state index contributed by atoms with van der Waals surface area (Å²) in [6.07, 6.45) is 3.49. The minimum absolute atomic E-state index is 0.0136. The topological polar surface area (TPSA) is 162 Å². The summed E-state index contributed by atoms with van der Waals surface area (Å²) < 4.78 is 11.0. The van der Waals surface area contributed by atoms with Gasteiger partial charge in [-0.25, -0.2) is 9.78 Å². The fourth-order valence-corrected chi connectivity index (χ4v) is 7.45. The number of ether oxygens (including phenoxy) is 2. The van der Waals surface area contributed by atoms with Crippen molar-refractivity contribution in [2.45, 2.75) is 123 Å². The summed E-state index contributed by atoms with van der Waals surface area (Å²) in [6.45, 7) is 16.5. The van der Waals surface area contributed by atoms with E-state index in [9.17, 15) is 24.3 Å². The molecule has 1 aromatic carbocycles. The van der Waals surface area contributed by atoms with E-state index in [1.54, 1.807) is 11.3 Å². The molecule has 0 bridgehead atoms. The summed E-state index contributed by atoms with van der Waals surface area (Å²) in [7, 11) is 0. The van der Waals surface area contributed by atoms with Crippen molar-refractivity contribution in [3.8, 4) is 10.4 Å². The predicted molar refractivity (Wildman–Crippen MR) is 205 cm³/mol. The zero-order valence-electron chi connectivity index (χ0n) is 32.5. The average molecular weight is 757 g/mol. The molecule has 4 amide bonds. The first-order valence-electron chi connectivity index (χ1n) is 18.8. The Labute approximate surface area is 318 Å². The van der Waals surface area contributed by atoms with Gasteiger partial charge in [0, 0.05) is 45.2 Å². The number of aliphatic hydroxyl groups excluding tert-OH is 1. The van der Waals surface area contributed by atoms with Gasteiger partial charge in [0.1, 0.15) is 24.3 Å². The maximum atomic E-state index is 13.9. The van der Waals surface area contributed by atoms with E-state index in [0.29, 0.717) is 6.61 Å². The standard InChI is InChI=1S/C39H60N6O7S/c1-26-33(53-25-41-26)28-13-11-27(12-14-28)22-40-35(48)31-21-30(46)23-45(31)36(49)34(38(2,3)4)43-32(47)24-51-20-10-8-9-17-44-18-15-29(16-19-44)42-37(50)52-39(5,6)7/h11-14,25,29-31,34,46H,8-10,15-24H2,1-7H3,(H,40,48)(H,42,50)(H,43,47)/t30-,31+,34-/m1/s1. The number of aromatic nitrogens is 1. The fraction of sp³-hybridized carbons (Fsp3) is 0.667. The Hall–Kier alpha value is -3.59. The van der Waals surface area contributed by atoms with E-state index in [4.69, 9.17) is 9.47 Å². The lowest BCUT2D eigenvalue weighted by Crippen LogP contribution is -2.58. The number of thiazole rings is 1. The molecule has 13 nitrogen and oxygen atoms in total. The molecular formula is C39H60N6O7S.